The van der Waals surface area contributed by atoms with Crippen molar-refractivity contribution in [3.63, 3.8) is 0 Å². The van der Waals surface area contributed by atoms with Crippen molar-refractivity contribution in [2.24, 2.45) is 0 Å². The van der Waals surface area contributed by atoms with E-state index in [2.05, 4.69) is 20.7 Å². The van der Waals surface area contributed by atoms with Crippen molar-refractivity contribution >= 4 is 63.4 Å². The van der Waals surface area contributed by atoms with E-state index in [0.717, 1.165) is 28.3 Å². The first-order valence-corrected chi connectivity index (χ1v) is 17.1. The molecule has 5 heterocycles. The highest BCUT2D eigenvalue weighted by Gasteiger charge is 2.32. The Morgan fingerprint density at radius 3 is 2.49 bits per heavy atom. The van der Waals surface area contributed by atoms with Gasteiger partial charge in [-0.25, -0.2) is 0 Å². The maximum Gasteiger partial charge on any atom is 0.416 e. The Bertz CT molecular complexity index is 2090. The average molecular weight is 751 g/mol. The minimum atomic E-state index is -4.62. The van der Waals surface area contributed by atoms with Gasteiger partial charge < -0.3 is 29.7 Å². The van der Waals surface area contributed by atoms with E-state index in [4.69, 9.17) is 16.3 Å². The van der Waals surface area contributed by atoms with E-state index < -0.39 is 34.2 Å². The summed E-state index contributed by atoms with van der Waals surface area (Å²) in [5, 5.41) is 8.76. The summed E-state index contributed by atoms with van der Waals surface area (Å²) in [6.07, 6.45) is -2.02. The van der Waals surface area contributed by atoms with Crippen molar-refractivity contribution in [2.45, 2.75) is 32.5 Å². The van der Waals surface area contributed by atoms with Crippen LogP contribution in [0.25, 0.3) is 11.4 Å². The Labute approximate surface area is 296 Å². The average Bonchev–Trinajstić information content (AvgIpc) is 3.76. The van der Waals surface area contributed by atoms with Crippen LogP contribution in [0.4, 0.5) is 28.9 Å². The van der Waals surface area contributed by atoms with E-state index in [0.29, 0.717) is 36.7 Å². The smallest absolute Gasteiger partial charge is 0.377 e. The fourth-order valence-corrected chi connectivity index (χ4v) is 6.77. The highest BCUT2D eigenvalue weighted by molar-refractivity contribution is 7.12. The molecule has 13 nitrogen and oxygen atoms in total. The van der Waals surface area contributed by atoms with Gasteiger partial charge in [0, 0.05) is 26.2 Å². The number of nitrogens with zero attached hydrogens (tertiary/aromatic N) is 6. The second kappa shape index (κ2) is 14.8. The Kier molecular flexibility index (Phi) is 10.5. The third kappa shape index (κ3) is 7.77. The second-order valence-corrected chi connectivity index (χ2v) is 13.1. The predicted molar refractivity (Wildman–Crippen MR) is 181 cm³/mol. The topological polar surface area (TPSA) is 143 Å². The number of hydrogen-bond donors (Lipinski definition) is 2. The Morgan fingerprint density at radius 1 is 1.10 bits per heavy atom. The number of piperazine rings is 1. The van der Waals surface area contributed by atoms with Gasteiger partial charge in [0.15, 0.2) is 11.0 Å². The molecular formula is C32H31ClF4N8O5S. The highest BCUT2D eigenvalue weighted by atomic mass is 35.5. The standard InChI is InChI=1S/C32H31ClF4N8O5S/c1-2-22-27(43-11-9-42(10-12-43)26(47)16-38-29(48)23-5-6-24(34)51-23)30(49)45-31(40-28(41-45)18-7-13-50-14-8-18)44(22)17-25(46)39-21-4-3-19(15-20(21)33)32(35,36)37/h3-7,15H,2,8-14,16-17H2,1H3,(H,38,48)(H,39,46). The van der Waals surface area contributed by atoms with Crippen LogP contribution in [0.5, 0.6) is 0 Å². The minimum Gasteiger partial charge on any atom is -0.377 e. The van der Waals surface area contributed by atoms with Crippen LogP contribution in [-0.4, -0.2) is 87.7 Å². The zero-order chi connectivity index (χ0) is 36.4. The van der Waals surface area contributed by atoms with E-state index >= 15 is 0 Å². The predicted octanol–water partition coefficient (Wildman–Crippen LogP) is 3.85. The van der Waals surface area contributed by atoms with Crippen molar-refractivity contribution in [1.29, 1.82) is 0 Å². The maximum absolute atomic E-state index is 14.1. The Balaban J connectivity index is 1.27. The molecule has 0 bridgehead atoms. The molecule has 1 aromatic carbocycles. The number of ether oxygens (including phenoxy) is 1. The molecule has 2 aliphatic rings. The van der Waals surface area contributed by atoms with E-state index in [-0.39, 0.29) is 84.5 Å². The normalized spacial score (nSPS) is 15.2. The monoisotopic (exact) mass is 750 g/mol. The number of thiophene rings is 1. The third-order valence-electron chi connectivity index (χ3n) is 8.43. The summed E-state index contributed by atoms with van der Waals surface area (Å²) < 4.78 is 60.9. The number of carbonyl (C=O) groups is 3. The number of hydrogen-bond acceptors (Lipinski definition) is 9. The largest absolute Gasteiger partial charge is 0.416 e. The number of rotatable bonds is 9. The molecule has 6 rings (SSSR count). The van der Waals surface area contributed by atoms with Gasteiger partial charge in [0.2, 0.25) is 17.6 Å². The quantitative estimate of drug-likeness (QED) is 0.246. The molecule has 0 saturated carbocycles. The number of carbonyl (C=O) groups excluding carboxylic acids is 3. The van der Waals surface area contributed by atoms with Gasteiger partial charge in [-0.1, -0.05) is 24.6 Å². The van der Waals surface area contributed by atoms with Crippen molar-refractivity contribution in [3.05, 3.63) is 78.9 Å². The zero-order valence-electron chi connectivity index (χ0n) is 27.1. The highest BCUT2D eigenvalue weighted by Crippen LogP contribution is 2.34. The molecule has 3 amide bonds. The van der Waals surface area contributed by atoms with Gasteiger partial charge >= 0.3 is 6.18 Å². The fourth-order valence-electron chi connectivity index (χ4n) is 5.89. The first-order valence-electron chi connectivity index (χ1n) is 15.9. The van der Waals surface area contributed by atoms with Crippen molar-refractivity contribution in [3.8, 4) is 0 Å². The molecule has 0 atom stereocenters. The van der Waals surface area contributed by atoms with Crippen LogP contribution >= 0.6 is 22.9 Å². The van der Waals surface area contributed by atoms with Crippen LogP contribution in [-0.2, 0) is 33.5 Å². The number of aromatic nitrogens is 4. The molecule has 0 radical (unpaired) electrons. The van der Waals surface area contributed by atoms with Gasteiger partial charge in [0.05, 0.1) is 46.6 Å². The number of halogens is 5. The summed E-state index contributed by atoms with van der Waals surface area (Å²) in [7, 11) is 0. The van der Waals surface area contributed by atoms with Crippen LogP contribution in [0.1, 0.15) is 40.1 Å². The van der Waals surface area contributed by atoms with Gasteiger partial charge in [0.1, 0.15) is 12.2 Å². The van der Waals surface area contributed by atoms with Crippen LogP contribution in [0.3, 0.4) is 0 Å². The number of benzene rings is 1. The van der Waals surface area contributed by atoms with Crippen LogP contribution in [0.15, 0.2) is 41.2 Å². The number of alkyl halides is 3. The molecule has 4 aromatic rings. The summed E-state index contributed by atoms with van der Waals surface area (Å²) in [5.74, 6) is -1.18. The number of nitrogens with one attached hydrogen (secondary N) is 2. The van der Waals surface area contributed by atoms with E-state index in [1.807, 2.05) is 6.08 Å². The van der Waals surface area contributed by atoms with E-state index in [1.54, 1.807) is 21.3 Å². The molecule has 2 N–H and O–H groups in total. The third-order valence-corrected chi connectivity index (χ3v) is 9.61. The maximum atomic E-state index is 14.1. The number of amides is 3. The molecule has 0 unspecified atom stereocenters. The molecule has 3 aromatic heterocycles. The molecule has 1 fully saturated rings. The van der Waals surface area contributed by atoms with Crippen molar-refractivity contribution in [2.75, 3.05) is 56.2 Å². The molecule has 0 spiro atoms. The van der Waals surface area contributed by atoms with Crippen LogP contribution < -0.4 is 21.1 Å². The number of anilines is 2. The lowest BCUT2D eigenvalue weighted by atomic mass is 10.1. The molecule has 270 valence electrons. The van der Waals surface area contributed by atoms with Crippen LogP contribution in [0, 0.1) is 5.13 Å². The first-order chi connectivity index (χ1) is 24.3. The van der Waals surface area contributed by atoms with Gasteiger partial charge in [-0.05, 0) is 48.7 Å². The molecular weight excluding hydrogens is 720 g/mol. The Hall–Kier alpha value is -4.81. The van der Waals surface area contributed by atoms with Gasteiger partial charge in [0.25, 0.3) is 11.5 Å². The summed E-state index contributed by atoms with van der Waals surface area (Å²) in [5.41, 5.74) is -0.00498. The lowest BCUT2D eigenvalue weighted by molar-refractivity contribution is -0.137. The van der Waals surface area contributed by atoms with Crippen molar-refractivity contribution < 1.29 is 36.7 Å². The van der Waals surface area contributed by atoms with Gasteiger partial charge in [-0.15, -0.1) is 16.4 Å². The van der Waals surface area contributed by atoms with Crippen LogP contribution in [0.2, 0.25) is 5.02 Å². The lowest BCUT2D eigenvalue weighted by Crippen LogP contribution is -2.52. The molecule has 51 heavy (non-hydrogen) atoms. The molecule has 19 heteroatoms. The first kappa shape index (κ1) is 36.0. The lowest BCUT2D eigenvalue weighted by Gasteiger charge is -2.36. The summed E-state index contributed by atoms with van der Waals surface area (Å²) >= 11 is 6.77. The van der Waals surface area contributed by atoms with Gasteiger partial charge in [-0.2, -0.15) is 27.1 Å². The second-order valence-electron chi connectivity index (χ2n) is 11.6. The SMILES string of the molecule is CCc1c(N2CCN(C(=O)CNC(=O)c3ccc(F)s3)CC2)c(=O)n2nc(C3=CCOCC3)nc2n1CC(=O)Nc1ccc(C(F)(F)F)cc1Cl. The molecule has 1 saturated heterocycles. The summed E-state index contributed by atoms with van der Waals surface area (Å²) in [6, 6.07) is 5.10. The van der Waals surface area contributed by atoms with Gasteiger partial charge in [-0.3, -0.25) is 19.2 Å². The minimum absolute atomic E-state index is 0.0287. The molecule has 0 aliphatic carbocycles. The number of fused-ring (bicyclic) bond motifs is 1. The summed E-state index contributed by atoms with van der Waals surface area (Å²) in [4.78, 5) is 60.9. The van der Waals surface area contributed by atoms with E-state index in [1.165, 1.54) is 12.1 Å². The fraction of sp³-hybridized carbons (Fsp3) is 0.375. The van der Waals surface area contributed by atoms with Crippen molar-refractivity contribution in [1.82, 2.24) is 29.4 Å². The molecule has 2 aliphatic heterocycles. The zero-order valence-corrected chi connectivity index (χ0v) is 28.6. The van der Waals surface area contributed by atoms with E-state index in [9.17, 15) is 36.7 Å². The Morgan fingerprint density at radius 2 is 1.86 bits per heavy atom. The summed E-state index contributed by atoms with van der Waals surface area (Å²) in [6.45, 7) is 2.81.